The van der Waals surface area contributed by atoms with Gasteiger partial charge in [-0.2, -0.15) is 0 Å². The molecule has 0 aliphatic heterocycles. The second kappa shape index (κ2) is 2.90. The Morgan fingerprint density at radius 2 is 1.87 bits per heavy atom. The van der Waals surface area contributed by atoms with Crippen LogP contribution in [0.4, 0.5) is 0 Å². The molecule has 3 aliphatic carbocycles. The van der Waals surface area contributed by atoms with E-state index in [1.807, 2.05) is 0 Å². The lowest BCUT2D eigenvalue weighted by Crippen LogP contribution is -2.24. The van der Waals surface area contributed by atoms with Crippen molar-refractivity contribution >= 4 is 0 Å². The van der Waals surface area contributed by atoms with Gasteiger partial charge in [-0.1, -0.05) is 32.4 Å². The zero-order chi connectivity index (χ0) is 10.8. The van der Waals surface area contributed by atoms with E-state index in [1.165, 1.54) is 31.3 Å². The van der Waals surface area contributed by atoms with Gasteiger partial charge >= 0.3 is 0 Å². The maximum atomic E-state index is 4.26. The summed E-state index contributed by atoms with van der Waals surface area (Å²) in [6, 6.07) is 0. The number of allylic oxidation sites excluding steroid dienone is 1. The normalized spacial score (nSPS) is 57.1. The monoisotopic (exact) mass is 204 g/mol. The molecule has 0 aromatic rings. The minimum absolute atomic E-state index is 0.739. The first-order valence-electron chi connectivity index (χ1n) is 6.74. The molecular formula is C15H24. The highest BCUT2D eigenvalue weighted by molar-refractivity contribution is 5.28. The molecular weight excluding hydrogens is 180 g/mol. The van der Waals surface area contributed by atoms with Crippen LogP contribution in [-0.2, 0) is 0 Å². The van der Waals surface area contributed by atoms with E-state index in [-0.39, 0.29) is 0 Å². The molecule has 0 heterocycles. The van der Waals surface area contributed by atoms with Crippen molar-refractivity contribution in [1.29, 1.82) is 0 Å². The molecule has 0 amide bonds. The molecule has 0 saturated heterocycles. The zero-order valence-corrected chi connectivity index (χ0v) is 10.4. The molecule has 0 bridgehead atoms. The Hall–Kier alpha value is -0.260. The van der Waals surface area contributed by atoms with Gasteiger partial charge in [0, 0.05) is 0 Å². The fraction of sp³-hybridized carbons (Fsp3) is 0.867. The summed E-state index contributed by atoms with van der Waals surface area (Å²) in [5.41, 5.74) is 2.22. The van der Waals surface area contributed by atoms with E-state index in [4.69, 9.17) is 0 Å². The van der Waals surface area contributed by atoms with Crippen molar-refractivity contribution in [3.63, 3.8) is 0 Å². The van der Waals surface area contributed by atoms with Gasteiger partial charge in [-0.15, -0.1) is 0 Å². The first kappa shape index (κ1) is 9.93. The molecule has 0 nitrogen and oxygen atoms in total. The fourth-order valence-electron chi connectivity index (χ4n) is 5.48. The SMILES string of the molecule is C=C(C)C1C2C(C)CCC3C(C)CCC312. The molecule has 84 valence electrons. The summed E-state index contributed by atoms with van der Waals surface area (Å²) < 4.78 is 0. The average molecular weight is 204 g/mol. The van der Waals surface area contributed by atoms with Gasteiger partial charge in [0.25, 0.3) is 0 Å². The van der Waals surface area contributed by atoms with Crippen LogP contribution in [0.3, 0.4) is 0 Å². The highest BCUT2D eigenvalue weighted by Crippen LogP contribution is 2.78. The van der Waals surface area contributed by atoms with Crippen molar-refractivity contribution in [3.05, 3.63) is 12.2 Å². The van der Waals surface area contributed by atoms with Crippen molar-refractivity contribution in [2.75, 3.05) is 0 Å². The number of hydrogen-bond acceptors (Lipinski definition) is 0. The minimum atomic E-state index is 0.739. The molecule has 3 fully saturated rings. The van der Waals surface area contributed by atoms with Crippen LogP contribution in [0, 0.1) is 35.0 Å². The maximum absolute atomic E-state index is 4.26. The standard InChI is InChI=1S/C15H24/c1-9(2)13-14-11(4)5-6-12-10(3)7-8-15(12,13)14/h10-14H,1,5-8H2,2-4H3. The maximum Gasteiger partial charge on any atom is -0.0110 e. The first-order valence-corrected chi connectivity index (χ1v) is 6.74. The summed E-state index contributed by atoms with van der Waals surface area (Å²) in [5.74, 6) is 4.90. The largest absolute Gasteiger partial charge is 0.0998 e. The van der Waals surface area contributed by atoms with Crippen molar-refractivity contribution in [2.45, 2.75) is 46.5 Å². The van der Waals surface area contributed by atoms with Crippen molar-refractivity contribution in [2.24, 2.45) is 35.0 Å². The molecule has 0 aromatic carbocycles. The lowest BCUT2D eigenvalue weighted by Gasteiger charge is -2.31. The van der Waals surface area contributed by atoms with E-state index in [9.17, 15) is 0 Å². The molecule has 0 heteroatoms. The molecule has 0 radical (unpaired) electrons. The second-order valence-electron chi connectivity index (χ2n) is 6.64. The molecule has 0 aromatic heterocycles. The summed E-state index contributed by atoms with van der Waals surface area (Å²) in [6.07, 6.45) is 5.97. The Morgan fingerprint density at radius 3 is 2.53 bits per heavy atom. The lowest BCUT2D eigenvalue weighted by molar-refractivity contribution is 0.177. The fourth-order valence-corrected chi connectivity index (χ4v) is 5.48. The molecule has 6 unspecified atom stereocenters. The van der Waals surface area contributed by atoms with E-state index < -0.39 is 0 Å². The summed E-state index contributed by atoms with van der Waals surface area (Å²) in [5, 5.41) is 0. The van der Waals surface area contributed by atoms with Crippen LogP contribution < -0.4 is 0 Å². The van der Waals surface area contributed by atoms with Crippen LogP contribution >= 0.6 is 0 Å². The van der Waals surface area contributed by atoms with Gasteiger partial charge in [-0.05, 0) is 61.2 Å². The van der Waals surface area contributed by atoms with E-state index in [1.54, 1.807) is 0 Å². The Balaban J connectivity index is 1.96. The topological polar surface area (TPSA) is 0 Å². The lowest BCUT2D eigenvalue weighted by atomic mass is 9.73. The van der Waals surface area contributed by atoms with Crippen LogP contribution in [0.15, 0.2) is 12.2 Å². The minimum Gasteiger partial charge on any atom is -0.0998 e. The predicted octanol–water partition coefficient (Wildman–Crippen LogP) is 4.27. The van der Waals surface area contributed by atoms with Crippen molar-refractivity contribution < 1.29 is 0 Å². The van der Waals surface area contributed by atoms with Gasteiger partial charge in [0.05, 0.1) is 0 Å². The first-order chi connectivity index (χ1) is 7.09. The van der Waals surface area contributed by atoms with E-state index in [0.717, 1.165) is 35.0 Å². The average Bonchev–Trinajstić information content (AvgIpc) is 2.76. The van der Waals surface area contributed by atoms with Crippen molar-refractivity contribution in [3.8, 4) is 0 Å². The van der Waals surface area contributed by atoms with Crippen LogP contribution in [0.1, 0.15) is 46.5 Å². The molecule has 0 N–H and O–H groups in total. The van der Waals surface area contributed by atoms with E-state index >= 15 is 0 Å². The Bertz CT molecular complexity index is 303. The molecule has 6 atom stereocenters. The Labute approximate surface area is 94.1 Å². The van der Waals surface area contributed by atoms with E-state index in [2.05, 4.69) is 27.4 Å². The summed E-state index contributed by atoms with van der Waals surface area (Å²) in [7, 11) is 0. The van der Waals surface area contributed by atoms with Gasteiger partial charge in [-0.3, -0.25) is 0 Å². The smallest absolute Gasteiger partial charge is 0.0110 e. The second-order valence-corrected chi connectivity index (χ2v) is 6.64. The quantitative estimate of drug-likeness (QED) is 0.559. The molecule has 3 aliphatic rings. The zero-order valence-electron chi connectivity index (χ0n) is 10.4. The summed E-state index contributed by atoms with van der Waals surface area (Å²) >= 11 is 0. The predicted molar refractivity (Wildman–Crippen MR) is 64.5 cm³/mol. The van der Waals surface area contributed by atoms with Gasteiger partial charge in [0.2, 0.25) is 0 Å². The number of rotatable bonds is 1. The van der Waals surface area contributed by atoms with Gasteiger partial charge in [0.15, 0.2) is 0 Å². The summed E-state index contributed by atoms with van der Waals surface area (Å²) in [6.45, 7) is 11.5. The molecule has 3 rings (SSSR count). The van der Waals surface area contributed by atoms with E-state index in [0.29, 0.717) is 0 Å². The highest BCUT2D eigenvalue weighted by atomic mass is 14.8. The van der Waals surface area contributed by atoms with Crippen molar-refractivity contribution in [1.82, 2.24) is 0 Å². The van der Waals surface area contributed by atoms with Crippen LogP contribution in [0.2, 0.25) is 0 Å². The Morgan fingerprint density at radius 1 is 1.13 bits per heavy atom. The third-order valence-electron chi connectivity index (χ3n) is 5.94. The van der Waals surface area contributed by atoms with Gasteiger partial charge < -0.3 is 0 Å². The van der Waals surface area contributed by atoms with Gasteiger partial charge in [0.1, 0.15) is 0 Å². The van der Waals surface area contributed by atoms with Crippen LogP contribution in [-0.4, -0.2) is 0 Å². The molecule has 15 heavy (non-hydrogen) atoms. The molecule has 1 spiro atoms. The summed E-state index contributed by atoms with van der Waals surface area (Å²) in [4.78, 5) is 0. The Kier molecular flexibility index (Phi) is 1.92. The third kappa shape index (κ3) is 1.04. The van der Waals surface area contributed by atoms with Crippen LogP contribution in [0.5, 0.6) is 0 Å². The highest BCUT2D eigenvalue weighted by Gasteiger charge is 2.72. The molecule has 3 saturated carbocycles. The third-order valence-corrected chi connectivity index (χ3v) is 5.94. The number of hydrogen-bond donors (Lipinski definition) is 0. The van der Waals surface area contributed by atoms with Gasteiger partial charge in [-0.25, -0.2) is 0 Å². The van der Waals surface area contributed by atoms with Crippen LogP contribution in [0.25, 0.3) is 0 Å².